The maximum atomic E-state index is 12.1. The quantitative estimate of drug-likeness (QED) is 0.728. The van der Waals surface area contributed by atoms with E-state index >= 15 is 0 Å². The van der Waals surface area contributed by atoms with E-state index in [1.165, 1.54) is 23.9 Å². The van der Waals surface area contributed by atoms with E-state index in [9.17, 15) is 13.2 Å². The standard InChI is InChI=1S/C10H8F3NS/c1-15-9-3-2-7(4-8(9)6-14)5-10(11,12)13/h2-4H,5H2,1H3. The molecule has 5 heteroatoms. The number of nitriles is 1. The molecular weight excluding hydrogens is 223 g/mol. The molecule has 0 aromatic heterocycles. The van der Waals surface area contributed by atoms with Gasteiger partial charge >= 0.3 is 6.18 Å². The summed E-state index contributed by atoms with van der Waals surface area (Å²) in [5.41, 5.74) is 0.418. The van der Waals surface area contributed by atoms with Crippen LogP contribution in [0.4, 0.5) is 13.2 Å². The summed E-state index contributed by atoms with van der Waals surface area (Å²) >= 11 is 1.34. The van der Waals surface area contributed by atoms with Crippen LogP contribution in [-0.4, -0.2) is 12.4 Å². The molecule has 0 unspecified atom stereocenters. The lowest BCUT2D eigenvalue weighted by atomic mass is 10.1. The first-order chi connectivity index (χ1) is 6.96. The Balaban J connectivity index is 3.00. The fourth-order valence-corrected chi connectivity index (χ4v) is 1.71. The van der Waals surface area contributed by atoms with Crippen molar-refractivity contribution in [3.63, 3.8) is 0 Å². The van der Waals surface area contributed by atoms with Gasteiger partial charge in [-0.05, 0) is 24.0 Å². The molecule has 0 saturated carbocycles. The Bertz CT molecular complexity index is 393. The Hall–Kier alpha value is -1.15. The van der Waals surface area contributed by atoms with Crippen molar-refractivity contribution in [1.29, 1.82) is 5.26 Å². The van der Waals surface area contributed by atoms with E-state index in [0.29, 0.717) is 10.5 Å². The first-order valence-electron chi connectivity index (χ1n) is 4.10. The Morgan fingerprint density at radius 3 is 2.53 bits per heavy atom. The van der Waals surface area contributed by atoms with Gasteiger partial charge in [0.15, 0.2) is 0 Å². The van der Waals surface area contributed by atoms with Crippen molar-refractivity contribution in [3.8, 4) is 6.07 Å². The van der Waals surface area contributed by atoms with Crippen LogP contribution < -0.4 is 0 Å². The fraction of sp³-hybridized carbons (Fsp3) is 0.300. The number of rotatable bonds is 2. The van der Waals surface area contributed by atoms with Gasteiger partial charge in [-0.2, -0.15) is 18.4 Å². The van der Waals surface area contributed by atoms with Gasteiger partial charge in [-0.1, -0.05) is 6.07 Å². The predicted octanol–water partition coefficient (Wildman–Crippen LogP) is 3.38. The zero-order valence-electron chi connectivity index (χ0n) is 7.93. The smallest absolute Gasteiger partial charge is 0.192 e. The summed E-state index contributed by atoms with van der Waals surface area (Å²) in [6, 6.07) is 6.12. The maximum absolute atomic E-state index is 12.1. The lowest BCUT2D eigenvalue weighted by Crippen LogP contribution is -2.11. The first kappa shape index (κ1) is 11.9. The van der Waals surface area contributed by atoms with Gasteiger partial charge in [-0.3, -0.25) is 0 Å². The molecule has 0 fully saturated rings. The van der Waals surface area contributed by atoms with E-state index in [2.05, 4.69) is 0 Å². The van der Waals surface area contributed by atoms with Crippen molar-refractivity contribution in [1.82, 2.24) is 0 Å². The van der Waals surface area contributed by atoms with Crippen LogP contribution in [0.15, 0.2) is 23.1 Å². The number of alkyl halides is 3. The Morgan fingerprint density at radius 2 is 2.07 bits per heavy atom. The minimum absolute atomic E-state index is 0.122. The number of halogens is 3. The molecule has 0 heterocycles. The third-order valence-corrected chi connectivity index (χ3v) is 2.58. The van der Waals surface area contributed by atoms with E-state index in [4.69, 9.17) is 5.26 Å². The van der Waals surface area contributed by atoms with Crippen molar-refractivity contribution >= 4 is 11.8 Å². The van der Waals surface area contributed by atoms with E-state index < -0.39 is 12.6 Å². The first-order valence-corrected chi connectivity index (χ1v) is 5.32. The highest BCUT2D eigenvalue weighted by molar-refractivity contribution is 7.98. The summed E-state index contributed by atoms with van der Waals surface area (Å²) in [6.45, 7) is 0. The van der Waals surface area contributed by atoms with Gasteiger partial charge in [-0.15, -0.1) is 11.8 Å². The van der Waals surface area contributed by atoms with Crippen molar-refractivity contribution < 1.29 is 13.2 Å². The second kappa shape index (κ2) is 4.58. The van der Waals surface area contributed by atoms with Gasteiger partial charge in [0, 0.05) is 4.90 Å². The van der Waals surface area contributed by atoms with Crippen LogP contribution in [0.25, 0.3) is 0 Å². The van der Waals surface area contributed by atoms with Gasteiger partial charge in [-0.25, -0.2) is 0 Å². The summed E-state index contributed by atoms with van der Waals surface area (Å²) in [5.74, 6) is 0. The molecule has 0 amide bonds. The van der Waals surface area contributed by atoms with Gasteiger partial charge in [0.1, 0.15) is 6.07 Å². The lowest BCUT2D eigenvalue weighted by molar-refractivity contribution is -0.127. The topological polar surface area (TPSA) is 23.8 Å². The summed E-state index contributed by atoms with van der Waals surface area (Å²) in [7, 11) is 0. The highest BCUT2D eigenvalue weighted by Crippen LogP contribution is 2.25. The Labute approximate surface area is 89.9 Å². The summed E-state index contributed by atoms with van der Waals surface area (Å²) in [5, 5.41) is 8.73. The molecule has 1 nitrogen and oxygen atoms in total. The SMILES string of the molecule is CSc1ccc(CC(F)(F)F)cc1C#N. The molecule has 0 atom stereocenters. The minimum atomic E-state index is -4.23. The largest absolute Gasteiger partial charge is 0.393 e. The van der Waals surface area contributed by atoms with Gasteiger partial charge in [0.25, 0.3) is 0 Å². The monoisotopic (exact) mass is 231 g/mol. The summed E-state index contributed by atoms with van der Waals surface area (Å²) < 4.78 is 36.2. The molecule has 0 saturated heterocycles. The normalized spacial score (nSPS) is 11.1. The lowest BCUT2D eigenvalue weighted by Gasteiger charge is -2.07. The van der Waals surface area contributed by atoms with Crippen LogP contribution >= 0.6 is 11.8 Å². The van der Waals surface area contributed by atoms with Crippen LogP contribution in [0.2, 0.25) is 0 Å². The van der Waals surface area contributed by atoms with Crippen molar-refractivity contribution in [2.45, 2.75) is 17.5 Å². The van der Waals surface area contributed by atoms with E-state index in [1.807, 2.05) is 6.07 Å². The second-order valence-electron chi connectivity index (χ2n) is 2.94. The Morgan fingerprint density at radius 1 is 1.40 bits per heavy atom. The zero-order chi connectivity index (χ0) is 11.5. The highest BCUT2D eigenvalue weighted by atomic mass is 32.2. The highest BCUT2D eigenvalue weighted by Gasteiger charge is 2.27. The predicted molar refractivity (Wildman–Crippen MR) is 52.7 cm³/mol. The number of hydrogen-bond donors (Lipinski definition) is 0. The van der Waals surface area contributed by atoms with Crippen LogP contribution in [0.5, 0.6) is 0 Å². The minimum Gasteiger partial charge on any atom is -0.192 e. The number of benzene rings is 1. The molecule has 0 aliphatic heterocycles. The molecular formula is C10H8F3NS. The van der Waals surface area contributed by atoms with Gasteiger partial charge in [0.2, 0.25) is 0 Å². The molecule has 1 rings (SSSR count). The average molecular weight is 231 g/mol. The zero-order valence-corrected chi connectivity index (χ0v) is 8.75. The van der Waals surface area contributed by atoms with Crippen molar-refractivity contribution in [2.75, 3.05) is 6.26 Å². The van der Waals surface area contributed by atoms with E-state index in [0.717, 1.165) is 0 Å². The molecule has 0 spiro atoms. The maximum Gasteiger partial charge on any atom is 0.393 e. The molecule has 0 N–H and O–H groups in total. The number of hydrogen-bond acceptors (Lipinski definition) is 2. The molecule has 0 aliphatic rings. The van der Waals surface area contributed by atoms with E-state index in [1.54, 1.807) is 12.3 Å². The average Bonchev–Trinajstić information content (AvgIpc) is 2.15. The van der Waals surface area contributed by atoms with Gasteiger partial charge in [0.05, 0.1) is 12.0 Å². The summed E-state index contributed by atoms with van der Waals surface area (Å²) in [6.07, 6.45) is -3.44. The van der Waals surface area contributed by atoms with Crippen molar-refractivity contribution in [3.05, 3.63) is 29.3 Å². The van der Waals surface area contributed by atoms with Gasteiger partial charge < -0.3 is 0 Å². The second-order valence-corrected chi connectivity index (χ2v) is 3.79. The fourth-order valence-electron chi connectivity index (χ4n) is 1.18. The van der Waals surface area contributed by atoms with Crippen LogP contribution in [0, 0.1) is 11.3 Å². The Kier molecular flexibility index (Phi) is 3.64. The van der Waals surface area contributed by atoms with Crippen LogP contribution in [0.3, 0.4) is 0 Å². The molecule has 0 bridgehead atoms. The summed E-state index contributed by atoms with van der Waals surface area (Å²) in [4.78, 5) is 0.698. The van der Waals surface area contributed by atoms with E-state index in [-0.39, 0.29) is 5.56 Å². The molecule has 0 radical (unpaired) electrons. The third kappa shape index (κ3) is 3.48. The third-order valence-electron chi connectivity index (χ3n) is 1.79. The molecule has 0 aliphatic carbocycles. The van der Waals surface area contributed by atoms with Crippen molar-refractivity contribution in [2.24, 2.45) is 0 Å². The number of thioether (sulfide) groups is 1. The molecule has 1 aromatic carbocycles. The molecule has 15 heavy (non-hydrogen) atoms. The molecule has 80 valence electrons. The van der Waals surface area contributed by atoms with Crippen LogP contribution in [0.1, 0.15) is 11.1 Å². The number of nitrogens with zero attached hydrogens (tertiary/aromatic N) is 1. The van der Waals surface area contributed by atoms with Crippen LogP contribution in [-0.2, 0) is 6.42 Å². The molecule has 1 aromatic rings.